The van der Waals surface area contributed by atoms with Crippen LogP contribution in [-0.4, -0.2) is 11.9 Å². The molecule has 2 rings (SSSR count). The first-order valence-corrected chi connectivity index (χ1v) is 5.64. The molecule has 2 heteroatoms. The molecule has 2 aliphatic rings. The molecule has 0 radical (unpaired) electrons. The molecule has 13 heavy (non-hydrogen) atoms. The van der Waals surface area contributed by atoms with Crippen LogP contribution in [0.5, 0.6) is 0 Å². The molecule has 0 unspecified atom stereocenters. The summed E-state index contributed by atoms with van der Waals surface area (Å²) >= 11 is 0. The van der Waals surface area contributed by atoms with Crippen LogP contribution in [0.3, 0.4) is 0 Å². The third-order valence-corrected chi connectivity index (χ3v) is 3.14. The van der Waals surface area contributed by atoms with Crippen LogP contribution in [0.1, 0.15) is 51.4 Å². The monoisotopic (exact) mass is 181 g/mol. The van der Waals surface area contributed by atoms with Crippen LogP contribution in [0, 0.1) is 5.92 Å². The molecular weight excluding hydrogens is 162 g/mol. The fourth-order valence-electron chi connectivity index (χ4n) is 2.12. The summed E-state index contributed by atoms with van der Waals surface area (Å²) in [6.45, 7) is 0. The van der Waals surface area contributed by atoms with E-state index in [0.717, 1.165) is 12.3 Å². The number of nitrogens with one attached hydrogen (secondary N) is 1. The molecule has 2 fully saturated rings. The second kappa shape index (κ2) is 4.12. The van der Waals surface area contributed by atoms with Crippen molar-refractivity contribution >= 4 is 5.91 Å². The van der Waals surface area contributed by atoms with Crippen molar-refractivity contribution in [1.82, 2.24) is 5.32 Å². The molecule has 2 saturated carbocycles. The Morgan fingerprint density at radius 1 is 1.08 bits per heavy atom. The SMILES string of the molecule is O=C(CC1CC1)NC1CCCCC1. The standard InChI is InChI=1S/C11H19NO/c13-11(8-9-6-7-9)12-10-4-2-1-3-5-10/h9-10H,1-8H2,(H,12,13). The van der Waals surface area contributed by atoms with Gasteiger partial charge in [-0.3, -0.25) is 4.79 Å². The Hall–Kier alpha value is -0.530. The van der Waals surface area contributed by atoms with Gasteiger partial charge in [-0.1, -0.05) is 19.3 Å². The summed E-state index contributed by atoms with van der Waals surface area (Å²) in [7, 11) is 0. The van der Waals surface area contributed by atoms with Gasteiger partial charge in [-0.25, -0.2) is 0 Å². The van der Waals surface area contributed by atoms with Gasteiger partial charge < -0.3 is 5.32 Å². The predicted molar refractivity (Wildman–Crippen MR) is 52.4 cm³/mol. The summed E-state index contributed by atoms with van der Waals surface area (Å²) in [5.41, 5.74) is 0. The minimum absolute atomic E-state index is 0.300. The number of hydrogen-bond donors (Lipinski definition) is 1. The summed E-state index contributed by atoms with van der Waals surface area (Å²) in [4.78, 5) is 11.5. The van der Waals surface area contributed by atoms with Gasteiger partial charge in [0.2, 0.25) is 5.91 Å². The van der Waals surface area contributed by atoms with Crippen molar-refractivity contribution in [3.63, 3.8) is 0 Å². The molecule has 0 heterocycles. The van der Waals surface area contributed by atoms with Gasteiger partial charge in [0.25, 0.3) is 0 Å². The predicted octanol–water partition coefficient (Wildman–Crippen LogP) is 2.24. The molecule has 0 spiro atoms. The second-order valence-electron chi connectivity index (χ2n) is 4.55. The van der Waals surface area contributed by atoms with E-state index in [1.165, 1.54) is 44.9 Å². The van der Waals surface area contributed by atoms with E-state index in [2.05, 4.69) is 5.32 Å². The fourth-order valence-corrected chi connectivity index (χ4v) is 2.12. The lowest BCUT2D eigenvalue weighted by Gasteiger charge is -2.22. The minimum atomic E-state index is 0.300. The summed E-state index contributed by atoms with van der Waals surface area (Å²) in [6, 6.07) is 0.500. The fraction of sp³-hybridized carbons (Fsp3) is 0.909. The summed E-state index contributed by atoms with van der Waals surface area (Å²) in [5, 5.41) is 3.15. The third-order valence-electron chi connectivity index (χ3n) is 3.14. The first-order valence-electron chi connectivity index (χ1n) is 5.64. The topological polar surface area (TPSA) is 29.1 Å². The van der Waals surface area contributed by atoms with Crippen LogP contribution in [0.15, 0.2) is 0 Å². The highest BCUT2D eigenvalue weighted by Crippen LogP contribution is 2.32. The van der Waals surface area contributed by atoms with Crippen molar-refractivity contribution in [3.8, 4) is 0 Å². The molecule has 0 atom stereocenters. The Kier molecular flexibility index (Phi) is 2.87. The molecule has 0 aromatic rings. The maximum atomic E-state index is 11.5. The van der Waals surface area contributed by atoms with Gasteiger partial charge in [0.1, 0.15) is 0 Å². The number of rotatable bonds is 3. The average Bonchev–Trinajstić information content (AvgIpc) is 2.90. The lowest BCUT2D eigenvalue weighted by molar-refractivity contribution is -0.122. The minimum Gasteiger partial charge on any atom is -0.353 e. The number of carbonyl (C=O) groups excluding carboxylic acids is 1. The smallest absolute Gasteiger partial charge is 0.220 e. The van der Waals surface area contributed by atoms with Crippen molar-refractivity contribution in [2.75, 3.05) is 0 Å². The van der Waals surface area contributed by atoms with E-state index in [4.69, 9.17) is 0 Å². The van der Waals surface area contributed by atoms with E-state index < -0.39 is 0 Å². The van der Waals surface area contributed by atoms with Crippen LogP contribution < -0.4 is 5.32 Å². The quantitative estimate of drug-likeness (QED) is 0.710. The molecule has 74 valence electrons. The van der Waals surface area contributed by atoms with E-state index in [1.807, 2.05) is 0 Å². The van der Waals surface area contributed by atoms with Crippen LogP contribution >= 0.6 is 0 Å². The van der Waals surface area contributed by atoms with Crippen molar-refractivity contribution in [3.05, 3.63) is 0 Å². The number of amides is 1. The first kappa shape index (κ1) is 9.04. The summed E-state index contributed by atoms with van der Waals surface area (Å²) in [5.74, 6) is 1.03. The third kappa shape index (κ3) is 3.02. The molecular formula is C11H19NO. The molecule has 0 bridgehead atoms. The Balaban J connectivity index is 1.66. The molecule has 2 aliphatic carbocycles. The number of hydrogen-bond acceptors (Lipinski definition) is 1. The van der Waals surface area contributed by atoms with Crippen LogP contribution in [0.4, 0.5) is 0 Å². The highest BCUT2D eigenvalue weighted by Gasteiger charge is 2.25. The van der Waals surface area contributed by atoms with E-state index in [-0.39, 0.29) is 0 Å². The Morgan fingerprint density at radius 3 is 2.38 bits per heavy atom. The van der Waals surface area contributed by atoms with Gasteiger partial charge in [-0.2, -0.15) is 0 Å². The van der Waals surface area contributed by atoms with E-state index in [1.54, 1.807) is 0 Å². The van der Waals surface area contributed by atoms with Crippen molar-refractivity contribution in [2.24, 2.45) is 5.92 Å². The Bertz CT molecular complexity index is 181. The molecule has 0 aromatic carbocycles. The van der Waals surface area contributed by atoms with Gasteiger partial charge in [0.05, 0.1) is 0 Å². The number of carbonyl (C=O) groups is 1. The molecule has 2 nitrogen and oxygen atoms in total. The van der Waals surface area contributed by atoms with Gasteiger partial charge in [0.15, 0.2) is 0 Å². The van der Waals surface area contributed by atoms with Gasteiger partial charge in [0, 0.05) is 12.5 Å². The van der Waals surface area contributed by atoms with Crippen molar-refractivity contribution in [1.29, 1.82) is 0 Å². The van der Waals surface area contributed by atoms with Crippen LogP contribution in [0.2, 0.25) is 0 Å². The summed E-state index contributed by atoms with van der Waals surface area (Å²) < 4.78 is 0. The molecule has 0 aliphatic heterocycles. The molecule has 1 N–H and O–H groups in total. The zero-order valence-corrected chi connectivity index (χ0v) is 8.22. The van der Waals surface area contributed by atoms with E-state index in [9.17, 15) is 4.79 Å². The maximum Gasteiger partial charge on any atom is 0.220 e. The zero-order chi connectivity index (χ0) is 9.10. The Labute approximate surface area is 80.1 Å². The molecule has 0 aromatic heterocycles. The van der Waals surface area contributed by atoms with Crippen LogP contribution in [0.25, 0.3) is 0 Å². The van der Waals surface area contributed by atoms with E-state index in [0.29, 0.717) is 11.9 Å². The normalized spacial score (nSPS) is 24.3. The van der Waals surface area contributed by atoms with Crippen molar-refractivity contribution < 1.29 is 4.79 Å². The van der Waals surface area contributed by atoms with Gasteiger partial charge >= 0.3 is 0 Å². The van der Waals surface area contributed by atoms with E-state index >= 15 is 0 Å². The largest absolute Gasteiger partial charge is 0.353 e. The second-order valence-corrected chi connectivity index (χ2v) is 4.55. The van der Waals surface area contributed by atoms with Gasteiger partial charge in [-0.15, -0.1) is 0 Å². The zero-order valence-electron chi connectivity index (χ0n) is 8.22. The Morgan fingerprint density at radius 2 is 1.77 bits per heavy atom. The highest BCUT2D eigenvalue weighted by atomic mass is 16.1. The maximum absolute atomic E-state index is 11.5. The molecule has 0 saturated heterocycles. The summed E-state index contributed by atoms with van der Waals surface area (Å²) in [6.07, 6.45) is 9.71. The lowest BCUT2D eigenvalue weighted by Crippen LogP contribution is -2.36. The lowest BCUT2D eigenvalue weighted by atomic mass is 9.95. The average molecular weight is 181 g/mol. The highest BCUT2D eigenvalue weighted by molar-refractivity contribution is 5.76. The van der Waals surface area contributed by atoms with Crippen molar-refractivity contribution in [2.45, 2.75) is 57.4 Å². The first-order chi connectivity index (χ1) is 6.34. The van der Waals surface area contributed by atoms with Crippen LogP contribution in [-0.2, 0) is 4.79 Å². The molecule has 1 amide bonds. The van der Waals surface area contributed by atoms with Gasteiger partial charge in [-0.05, 0) is 31.6 Å².